The van der Waals surface area contributed by atoms with Gasteiger partial charge in [0.2, 0.25) is 0 Å². The molecule has 2 nitrogen and oxygen atoms in total. The van der Waals surface area contributed by atoms with Gasteiger partial charge in [-0.05, 0) is 0 Å². The molecule has 1 N–H and O–H groups in total. The summed E-state index contributed by atoms with van der Waals surface area (Å²) in [5.74, 6) is 2.66. The minimum atomic E-state index is -0.114. The van der Waals surface area contributed by atoms with E-state index in [4.69, 9.17) is 0 Å². The summed E-state index contributed by atoms with van der Waals surface area (Å²) in [5.41, 5.74) is 2.65. The number of carbonyl (C=O) groups excluding carboxylic acids is 1. The zero-order valence-corrected chi connectivity index (χ0v) is 17.4. The predicted octanol–water partition coefficient (Wildman–Crippen LogP) is 4.25. The maximum atomic E-state index is 13.4. The fraction of sp³-hybridized carbons (Fsp3) is 0.458. The van der Waals surface area contributed by atoms with Crippen molar-refractivity contribution in [2.75, 3.05) is 0 Å². The number of hydrogen-bond acceptors (Lipinski definition) is 2. The molecule has 5 atom stereocenters. The van der Waals surface area contributed by atoms with Crippen LogP contribution in [0.5, 0.6) is 5.75 Å². The summed E-state index contributed by atoms with van der Waals surface area (Å²) >= 11 is 0.243. The van der Waals surface area contributed by atoms with Gasteiger partial charge in [-0.2, -0.15) is 0 Å². The van der Waals surface area contributed by atoms with Gasteiger partial charge in [0, 0.05) is 0 Å². The van der Waals surface area contributed by atoms with Gasteiger partial charge in [0.05, 0.1) is 0 Å². The van der Waals surface area contributed by atoms with Crippen molar-refractivity contribution in [3.63, 3.8) is 0 Å². The van der Waals surface area contributed by atoms with E-state index in [0.717, 1.165) is 25.7 Å². The number of fused-ring (bicyclic) bond motifs is 5. The molecule has 2 aromatic carbocycles. The SMILES string of the molecule is C[C@]12CC[C@@H]3c4ccc(O)cc4CC[C@H]3[C@@H]1C[C@@H]([Se]c1ccccc1)C2=O. The Morgan fingerprint density at radius 2 is 1.93 bits per heavy atom. The Kier molecular flexibility index (Phi) is 4.22. The van der Waals surface area contributed by atoms with E-state index in [0.29, 0.717) is 29.3 Å². The zero-order chi connectivity index (χ0) is 18.6. The molecule has 0 aliphatic heterocycles. The molecule has 0 bridgehead atoms. The van der Waals surface area contributed by atoms with E-state index in [-0.39, 0.29) is 25.2 Å². The van der Waals surface area contributed by atoms with Crippen molar-refractivity contribution in [3.8, 4) is 5.75 Å². The average Bonchev–Trinajstić information content (AvgIpc) is 2.93. The quantitative estimate of drug-likeness (QED) is 0.731. The van der Waals surface area contributed by atoms with Gasteiger partial charge in [-0.15, -0.1) is 0 Å². The number of phenols is 1. The molecule has 3 aliphatic rings. The first-order chi connectivity index (χ1) is 13.1. The molecule has 0 heterocycles. The van der Waals surface area contributed by atoms with Crippen LogP contribution in [0.2, 0.25) is 4.82 Å². The monoisotopic (exact) mass is 426 g/mol. The van der Waals surface area contributed by atoms with Crippen LogP contribution >= 0.6 is 0 Å². The van der Waals surface area contributed by atoms with E-state index in [1.807, 2.05) is 12.1 Å². The van der Waals surface area contributed by atoms with Crippen LogP contribution in [0, 0.1) is 17.3 Å². The van der Waals surface area contributed by atoms with Gasteiger partial charge < -0.3 is 0 Å². The summed E-state index contributed by atoms with van der Waals surface area (Å²) in [5, 5.41) is 9.84. The van der Waals surface area contributed by atoms with E-state index in [9.17, 15) is 9.90 Å². The van der Waals surface area contributed by atoms with Crippen molar-refractivity contribution in [2.45, 2.75) is 49.8 Å². The van der Waals surface area contributed by atoms with Crippen molar-refractivity contribution >= 4 is 25.2 Å². The first-order valence-corrected chi connectivity index (χ1v) is 12.0. The van der Waals surface area contributed by atoms with Crippen LogP contribution in [-0.2, 0) is 11.2 Å². The van der Waals surface area contributed by atoms with Crippen LogP contribution in [0.25, 0.3) is 0 Å². The second-order valence-electron chi connectivity index (χ2n) is 8.77. The first-order valence-electron chi connectivity index (χ1n) is 10.1. The van der Waals surface area contributed by atoms with Crippen LogP contribution in [0.4, 0.5) is 0 Å². The molecule has 0 aromatic heterocycles. The Balaban J connectivity index is 1.43. The first kappa shape index (κ1) is 17.5. The Morgan fingerprint density at radius 1 is 1.11 bits per heavy atom. The molecular weight excluding hydrogens is 399 g/mol. The Labute approximate surface area is 167 Å². The third kappa shape index (κ3) is 2.79. The van der Waals surface area contributed by atoms with E-state index in [1.165, 1.54) is 22.0 Å². The molecule has 2 aromatic rings. The number of Topliss-reactive ketones (excluding diaryl/α,β-unsaturated/α-hetero) is 1. The van der Waals surface area contributed by atoms with Crippen molar-refractivity contribution in [1.29, 1.82) is 0 Å². The average molecular weight is 425 g/mol. The summed E-state index contributed by atoms with van der Waals surface area (Å²) in [6.07, 6.45) is 5.43. The number of benzene rings is 2. The van der Waals surface area contributed by atoms with E-state index < -0.39 is 0 Å². The van der Waals surface area contributed by atoms with Crippen molar-refractivity contribution < 1.29 is 9.90 Å². The molecule has 0 unspecified atom stereocenters. The summed E-state index contributed by atoms with van der Waals surface area (Å²) in [7, 11) is 0. The molecule has 27 heavy (non-hydrogen) atoms. The molecule has 0 radical (unpaired) electrons. The van der Waals surface area contributed by atoms with Gasteiger partial charge >= 0.3 is 168 Å². The summed E-state index contributed by atoms with van der Waals surface area (Å²) in [6, 6.07) is 16.6. The number of phenolic OH excluding ortho intramolecular Hbond substituents is 1. The third-order valence-corrected chi connectivity index (χ3v) is 10.0. The molecule has 0 amide bonds. The van der Waals surface area contributed by atoms with Crippen LogP contribution in [0.15, 0.2) is 48.5 Å². The zero-order valence-electron chi connectivity index (χ0n) is 15.7. The number of rotatable bonds is 2. The van der Waals surface area contributed by atoms with Gasteiger partial charge in [0.1, 0.15) is 0 Å². The fourth-order valence-electron chi connectivity index (χ4n) is 6.10. The van der Waals surface area contributed by atoms with Crippen molar-refractivity contribution in [3.05, 3.63) is 59.7 Å². The Hall–Kier alpha value is -1.57. The normalized spacial score (nSPS) is 34.6. The Morgan fingerprint density at radius 3 is 2.74 bits per heavy atom. The van der Waals surface area contributed by atoms with Gasteiger partial charge in [0.25, 0.3) is 0 Å². The predicted molar refractivity (Wildman–Crippen MR) is 109 cm³/mol. The summed E-state index contributed by atoms with van der Waals surface area (Å²) in [4.78, 5) is 13.7. The van der Waals surface area contributed by atoms with Crippen LogP contribution in [-0.4, -0.2) is 25.8 Å². The molecule has 3 heteroatoms. The number of carbonyl (C=O) groups is 1. The standard InChI is InChI=1S/C24H26O2Se/c1-24-12-11-19-18-10-8-16(25)13-15(18)7-9-20(19)21(24)14-22(23(24)26)27-17-5-3-2-4-6-17/h2-6,8,10,13,19-22,25H,7,9,11-12,14H2,1H3/t19-,20-,21+,22-,24+/m1/s1. The fourth-order valence-corrected chi connectivity index (χ4v) is 8.87. The van der Waals surface area contributed by atoms with Crippen LogP contribution < -0.4 is 4.46 Å². The summed E-state index contributed by atoms with van der Waals surface area (Å²) in [6.45, 7) is 2.27. The van der Waals surface area contributed by atoms with Crippen molar-refractivity contribution in [1.82, 2.24) is 0 Å². The molecule has 5 rings (SSSR count). The number of aryl methyl sites for hydroxylation is 1. The second-order valence-corrected chi connectivity index (χ2v) is 11.5. The van der Waals surface area contributed by atoms with Gasteiger partial charge in [-0.25, -0.2) is 0 Å². The number of hydrogen-bond donors (Lipinski definition) is 1. The molecular formula is C24H26O2Se. The molecule has 3 aliphatic carbocycles. The van der Waals surface area contributed by atoms with Crippen molar-refractivity contribution in [2.24, 2.45) is 17.3 Å². The van der Waals surface area contributed by atoms with Crippen LogP contribution in [0.1, 0.15) is 49.7 Å². The second kappa shape index (κ2) is 6.50. The van der Waals surface area contributed by atoms with Gasteiger partial charge in [-0.1, -0.05) is 0 Å². The Bertz CT molecular complexity index is 877. The number of ketones is 1. The topological polar surface area (TPSA) is 37.3 Å². The molecule has 0 spiro atoms. The maximum absolute atomic E-state index is 13.4. The third-order valence-electron chi connectivity index (χ3n) is 7.44. The molecule has 2 fully saturated rings. The van der Waals surface area contributed by atoms with Crippen LogP contribution in [0.3, 0.4) is 0 Å². The van der Waals surface area contributed by atoms with E-state index in [2.05, 4.69) is 43.3 Å². The van der Waals surface area contributed by atoms with E-state index >= 15 is 0 Å². The molecule has 0 saturated heterocycles. The summed E-state index contributed by atoms with van der Waals surface area (Å²) < 4.78 is 1.35. The minimum absolute atomic E-state index is 0.114. The molecule has 2 saturated carbocycles. The number of aromatic hydroxyl groups is 1. The van der Waals surface area contributed by atoms with E-state index in [1.54, 1.807) is 0 Å². The van der Waals surface area contributed by atoms with Gasteiger partial charge in [0.15, 0.2) is 0 Å². The molecule has 140 valence electrons. The van der Waals surface area contributed by atoms with Gasteiger partial charge in [-0.3, -0.25) is 0 Å².